The third kappa shape index (κ3) is 2.86. The van der Waals surface area contributed by atoms with E-state index in [4.69, 9.17) is 4.18 Å². The molecule has 0 amide bonds. The van der Waals surface area contributed by atoms with Gasteiger partial charge in [-0.25, -0.2) is 0 Å². The lowest BCUT2D eigenvalue weighted by molar-refractivity contribution is -0.00428. The zero-order chi connectivity index (χ0) is 13.5. The van der Waals surface area contributed by atoms with Crippen molar-refractivity contribution in [2.75, 3.05) is 19.6 Å². The molecule has 1 aromatic rings. The van der Waals surface area contributed by atoms with E-state index in [1.165, 1.54) is 0 Å². The van der Waals surface area contributed by atoms with Crippen LogP contribution in [0.4, 0.5) is 0 Å². The third-order valence-electron chi connectivity index (χ3n) is 3.95. The Kier molecular flexibility index (Phi) is 3.68. The fourth-order valence-corrected chi connectivity index (χ4v) is 4.23. The molecule has 0 radical (unpaired) electrons. The molecule has 3 fully saturated rings. The maximum atomic E-state index is 12.2. The number of benzene rings is 1. The van der Waals surface area contributed by atoms with Gasteiger partial charge < -0.3 is 4.90 Å². The SMILES string of the molecule is O=S(=O)(OC1CN2CCC1CC2)c1ccc(Br)cc1. The van der Waals surface area contributed by atoms with Crippen LogP contribution in [0.3, 0.4) is 0 Å². The summed E-state index contributed by atoms with van der Waals surface area (Å²) in [6.07, 6.45) is 1.90. The molecule has 0 aliphatic carbocycles. The number of halogens is 1. The Morgan fingerprint density at radius 3 is 2.32 bits per heavy atom. The molecule has 3 saturated heterocycles. The molecule has 0 aromatic heterocycles. The van der Waals surface area contributed by atoms with Gasteiger partial charge in [-0.05, 0) is 56.1 Å². The van der Waals surface area contributed by atoms with Crippen LogP contribution in [-0.4, -0.2) is 39.1 Å². The molecule has 4 nitrogen and oxygen atoms in total. The predicted octanol–water partition coefficient (Wildman–Crippen LogP) is 2.25. The smallest absolute Gasteiger partial charge is 0.297 e. The van der Waals surface area contributed by atoms with Gasteiger partial charge in [-0.1, -0.05) is 15.9 Å². The van der Waals surface area contributed by atoms with E-state index < -0.39 is 10.1 Å². The molecule has 0 saturated carbocycles. The minimum Gasteiger partial charge on any atom is -0.301 e. The molecule has 4 rings (SSSR count). The highest BCUT2D eigenvalue weighted by molar-refractivity contribution is 9.10. The van der Waals surface area contributed by atoms with Crippen LogP contribution in [0.15, 0.2) is 33.6 Å². The predicted molar refractivity (Wildman–Crippen MR) is 75.4 cm³/mol. The summed E-state index contributed by atoms with van der Waals surface area (Å²) in [6, 6.07) is 6.57. The van der Waals surface area contributed by atoms with E-state index in [1.54, 1.807) is 24.3 Å². The van der Waals surface area contributed by atoms with Crippen molar-refractivity contribution in [1.29, 1.82) is 0 Å². The average Bonchev–Trinajstić information content (AvgIpc) is 2.40. The molecule has 2 bridgehead atoms. The van der Waals surface area contributed by atoms with Crippen LogP contribution >= 0.6 is 15.9 Å². The molecule has 19 heavy (non-hydrogen) atoms. The summed E-state index contributed by atoms with van der Waals surface area (Å²) in [5.74, 6) is 0.384. The maximum Gasteiger partial charge on any atom is 0.297 e. The Balaban J connectivity index is 1.76. The molecule has 1 unspecified atom stereocenters. The highest BCUT2D eigenvalue weighted by atomic mass is 79.9. The molecule has 3 aliphatic rings. The topological polar surface area (TPSA) is 46.6 Å². The quantitative estimate of drug-likeness (QED) is 0.788. The first-order chi connectivity index (χ1) is 9.04. The second-order valence-electron chi connectivity index (χ2n) is 5.18. The van der Waals surface area contributed by atoms with Gasteiger partial charge in [0.05, 0.1) is 11.0 Å². The van der Waals surface area contributed by atoms with E-state index in [2.05, 4.69) is 20.8 Å². The first kappa shape index (κ1) is 13.5. The van der Waals surface area contributed by atoms with Crippen molar-refractivity contribution in [2.45, 2.75) is 23.8 Å². The number of piperidine rings is 3. The van der Waals surface area contributed by atoms with Gasteiger partial charge in [0, 0.05) is 11.0 Å². The van der Waals surface area contributed by atoms with Crippen LogP contribution in [0.5, 0.6) is 0 Å². The summed E-state index contributed by atoms with van der Waals surface area (Å²) in [7, 11) is -3.65. The van der Waals surface area contributed by atoms with Crippen molar-refractivity contribution in [2.24, 2.45) is 5.92 Å². The fourth-order valence-electron chi connectivity index (χ4n) is 2.84. The molecule has 104 valence electrons. The minimum absolute atomic E-state index is 0.184. The molecule has 3 heterocycles. The molecule has 1 aromatic carbocycles. The van der Waals surface area contributed by atoms with Crippen molar-refractivity contribution in [3.63, 3.8) is 0 Å². The van der Waals surface area contributed by atoms with E-state index in [-0.39, 0.29) is 11.0 Å². The van der Waals surface area contributed by atoms with Crippen LogP contribution in [0.25, 0.3) is 0 Å². The highest BCUT2D eigenvalue weighted by Crippen LogP contribution is 2.31. The summed E-state index contributed by atoms with van der Waals surface area (Å²) in [4.78, 5) is 2.51. The number of rotatable bonds is 3. The minimum atomic E-state index is -3.65. The summed E-state index contributed by atoms with van der Waals surface area (Å²) in [5.41, 5.74) is 0. The lowest BCUT2D eigenvalue weighted by Crippen LogP contribution is -2.51. The van der Waals surface area contributed by atoms with E-state index in [0.717, 1.165) is 36.9 Å². The van der Waals surface area contributed by atoms with Gasteiger partial charge in [-0.3, -0.25) is 4.18 Å². The molecule has 0 spiro atoms. The third-order valence-corrected chi connectivity index (χ3v) is 5.83. The van der Waals surface area contributed by atoms with Crippen LogP contribution < -0.4 is 0 Å². The van der Waals surface area contributed by atoms with Crippen LogP contribution in [0.1, 0.15) is 12.8 Å². The first-order valence-electron chi connectivity index (χ1n) is 6.46. The summed E-state index contributed by atoms with van der Waals surface area (Å²) in [5, 5.41) is 0. The second-order valence-corrected chi connectivity index (χ2v) is 7.67. The largest absolute Gasteiger partial charge is 0.301 e. The van der Waals surface area contributed by atoms with Gasteiger partial charge in [-0.15, -0.1) is 0 Å². The second kappa shape index (κ2) is 5.16. The van der Waals surface area contributed by atoms with Crippen LogP contribution in [0.2, 0.25) is 0 Å². The normalized spacial score (nSPS) is 30.5. The van der Waals surface area contributed by atoms with Crippen LogP contribution in [0, 0.1) is 5.92 Å². The van der Waals surface area contributed by atoms with Crippen molar-refractivity contribution >= 4 is 26.0 Å². The van der Waals surface area contributed by atoms with E-state index in [1.807, 2.05) is 0 Å². The average molecular weight is 346 g/mol. The molecule has 6 heteroatoms. The standard InChI is InChI=1S/C13H16BrNO3S/c14-11-1-3-12(4-2-11)19(16,17)18-13-9-15-7-5-10(13)6-8-15/h1-4,10,13H,5-9H2. The lowest BCUT2D eigenvalue weighted by atomic mass is 9.86. The van der Waals surface area contributed by atoms with E-state index in [0.29, 0.717) is 5.92 Å². The lowest BCUT2D eigenvalue weighted by Gasteiger charge is -2.43. The van der Waals surface area contributed by atoms with Gasteiger partial charge in [0.1, 0.15) is 0 Å². The van der Waals surface area contributed by atoms with Crippen molar-refractivity contribution in [3.05, 3.63) is 28.7 Å². The monoisotopic (exact) mass is 345 g/mol. The highest BCUT2D eigenvalue weighted by Gasteiger charge is 2.37. The number of fused-ring (bicyclic) bond motifs is 3. The number of hydrogen-bond donors (Lipinski definition) is 0. The van der Waals surface area contributed by atoms with E-state index >= 15 is 0 Å². The van der Waals surface area contributed by atoms with E-state index in [9.17, 15) is 8.42 Å². The zero-order valence-corrected chi connectivity index (χ0v) is 12.9. The molecular formula is C13H16BrNO3S. The Morgan fingerprint density at radius 2 is 1.79 bits per heavy atom. The van der Waals surface area contributed by atoms with Crippen molar-refractivity contribution in [1.82, 2.24) is 4.90 Å². The van der Waals surface area contributed by atoms with Crippen LogP contribution in [-0.2, 0) is 14.3 Å². The van der Waals surface area contributed by atoms with Gasteiger partial charge in [-0.2, -0.15) is 8.42 Å². The molecule has 1 atom stereocenters. The summed E-state index contributed by atoms with van der Waals surface area (Å²) >= 11 is 3.29. The summed E-state index contributed by atoms with van der Waals surface area (Å²) in [6.45, 7) is 2.88. The number of hydrogen-bond acceptors (Lipinski definition) is 4. The zero-order valence-electron chi connectivity index (χ0n) is 10.5. The molecular weight excluding hydrogens is 330 g/mol. The Labute approximate surface area is 122 Å². The maximum absolute atomic E-state index is 12.2. The van der Waals surface area contributed by atoms with Crippen molar-refractivity contribution < 1.29 is 12.6 Å². The summed E-state index contributed by atoms with van der Waals surface area (Å²) < 4.78 is 30.8. The van der Waals surface area contributed by atoms with Gasteiger partial charge in [0.2, 0.25) is 0 Å². The Hall–Kier alpha value is -0.430. The van der Waals surface area contributed by atoms with Gasteiger partial charge in [0.25, 0.3) is 10.1 Å². The Morgan fingerprint density at radius 1 is 1.16 bits per heavy atom. The molecule has 0 N–H and O–H groups in total. The Bertz CT molecular complexity index is 550. The number of nitrogens with zero attached hydrogens (tertiary/aromatic N) is 1. The first-order valence-corrected chi connectivity index (χ1v) is 8.66. The van der Waals surface area contributed by atoms with Gasteiger partial charge in [0.15, 0.2) is 0 Å². The fraction of sp³-hybridized carbons (Fsp3) is 0.538. The molecule has 3 aliphatic heterocycles. The van der Waals surface area contributed by atoms with Gasteiger partial charge >= 0.3 is 0 Å². The van der Waals surface area contributed by atoms with Crippen molar-refractivity contribution in [3.8, 4) is 0 Å².